The largest absolute Gasteiger partial charge is 0.491 e. The summed E-state index contributed by atoms with van der Waals surface area (Å²) in [7, 11) is 1.62. The maximum Gasteiger partial charge on any atom is 0.323 e. The van der Waals surface area contributed by atoms with Gasteiger partial charge < -0.3 is 29.9 Å². The van der Waals surface area contributed by atoms with Gasteiger partial charge in [0.25, 0.3) is 0 Å². The van der Waals surface area contributed by atoms with Gasteiger partial charge in [0.05, 0.1) is 26.5 Å². The molecule has 0 unspecified atom stereocenters. The lowest BCUT2D eigenvalue weighted by Crippen LogP contribution is -2.37. The lowest BCUT2D eigenvalue weighted by molar-refractivity contribution is 0.122. The number of anilines is 4. The van der Waals surface area contributed by atoms with E-state index in [2.05, 4.69) is 37.6 Å². The van der Waals surface area contributed by atoms with Gasteiger partial charge in [-0.25, -0.2) is 14.8 Å². The number of thioether (sulfide) groups is 1. The molecule has 3 aromatic rings. The van der Waals surface area contributed by atoms with Crippen LogP contribution in [0.1, 0.15) is 0 Å². The molecule has 2 fully saturated rings. The van der Waals surface area contributed by atoms with Gasteiger partial charge in [-0.15, -0.1) is 0 Å². The topological polar surface area (TPSA) is 91.8 Å². The molecule has 9 nitrogen and oxygen atoms in total. The van der Waals surface area contributed by atoms with Crippen molar-refractivity contribution in [3.8, 4) is 17.1 Å². The maximum absolute atomic E-state index is 12.5. The van der Waals surface area contributed by atoms with Crippen molar-refractivity contribution < 1.29 is 14.3 Å². The van der Waals surface area contributed by atoms with Crippen LogP contribution in [0.4, 0.5) is 27.7 Å². The van der Waals surface area contributed by atoms with Crippen LogP contribution in [0.5, 0.6) is 5.75 Å². The summed E-state index contributed by atoms with van der Waals surface area (Å²) in [6, 6.07) is 15.2. The Balaban J connectivity index is 1.21. The van der Waals surface area contributed by atoms with Gasteiger partial charge >= 0.3 is 6.03 Å². The first kappa shape index (κ1) is 24.2. The number of aromatic nitrogens is 2. The molecular weight excluding hydrogens is 476 g/mol. The lowest BCUT2D eigenvalue weighted by Gasteiger charge is -2.28. The molecule has 2 N–H and O–H groups in total. The highest BCUT2D eigenvalue weighted by Crippen LogP contribution is 2.29. The van der Waals surface area contributed by atoms with Gasteiger partial charge in [0, 0.05) is 60.3 Å². The first-order chi connectivity index (χ1) is 17.7. The number of amides is 2. The van der Waals surface area contributed by atoms with Crippen molar-refractivity contribution in [1.82, 2.24) is 9.97 Å². The molecule has 0 aliphatic carbocycles. The minimum Gasteiger partial charge on any atom is -0.491 e. The van der Waals surface area contributed by atoms with E-state index in [1.165, 1.54) is 5.69 Å². The number of nitrogens with zero attached hydrogens (tertiary/aromatic N) is 4. The molecular formula is C26H30N6O3S. The Labute approximate surface area is 215 Å². The fraction of sp³-hybridized carbons (Fsp3) is 0.346. The first-order valence-corrected chi connectivity index (χ1v) is 13.2. The molecule has 1 aromatic heterocycles. The van der Waals surface area contributed by atoms with Gasteiger partial charge in [0.2, 0.25) is 0 Å². The molecule has 0 spiro atoms. The Kier molecular flexibility index (Phi) is 7.73. The standard InChI is InChI=1S/C26H30N6O3S/c1-34-23-18-27-24(30-25(23)32-10-14-35-15-11-32)19-2-4-20(5-3-19)28-26(33)29-21-6-8-22(9-7-21)31-12-16-36-17-13-31/h2-9,18H,10-17H2,1H3,(H2,28,29,33). The number of carbonyl (C=O) groups excluding carboxylic acids is 1. The molecule has 2 saturated heterocycles. The van der Waals surface area contributed by atoms with Crippen LogP contribution in [-0.4, -0.2) is 74.0 Å². The van der Waals surface area contributed by atoms with Crippen LogP contribution in [0.25, 0.3) is 11.4 Å². The van der Waals surface area contributed by atoms with Crippen LogP contribution in [0.15, 0.2) is 54.7 Å². The third-order valence-electron chi connectivity index (χ3n) is 6.17. The Hall–Kier alpha value is -3.50. The number of morpholine rings is 1. The summed E-state index contributed by atoms with van der Waals surface area (Å²) < 4.78 is 10.9. The second-order valence-corrected chi connectivity index (χ2v) is 9.71. The SMILES string of the molecule is COc1cnc(-c2ccc(NC(=O)Nc3ccc(N4CCSCC4)cc3)cc2)nc1N1CCOCC1. The van der Waals surface area contributed by atoms with Gasteiger partial charge in [-0.3, -0.25) is 0 Å². The summed E-state index contributed by atoms with van der Waals surface area (Å²) >= 11 is 1.99. The Morgan fingerprint density at radius 2 is 1.56 bits per heavy atom. The minimum atomic E-state index is -0.292. The number of rotatable bonds is 6. The van der Waals surface area contributed by atoms with Crippen molar-refractivity contribution in [1.29, 1.82) is 0 Å². The first-order valence-electron chi connectivity index (χ1n) is 12.0. The molecule has 0 radical (unpaired) electrons. The third-order valence-corrected chi connectivity index (χ3v) is 7.11. The number of ether oxygens (including phenoxy) is 2. The monoisotopic (exact) mass is 506 g/mol. The zero-order valence-corrected chi connectivity index (χ0v) is 21.1. The number of hydrogen-bond acceptors (Lipinski definition) is 8. The van der Waals surface area contributed by atoms with E-state index in [1.54, 1.807) is 13.3 Å². The molecule has 0 atom stereocenters. The Bertz CT molecular complexity index is 1160. The molecule has 188 valence electrons. The Morgan fingerprint density at radius 3 is 2.19 bits per heavy atom. The predicted octanol–water partition coefficient (Wildman–Crippen LogP) is 4.19. The van der Waals surface area contributed by atoms with E-state index in [1.807, 2.05) is 48.2 Å². The molecule has 2 amide bonds. The fourth-order valence-corrected chi connectivity index (χ4v) is 5.12. The number of carbonyl (C=O) groups is 1. The summed E-state index contributed by atoms with van der Waals surface area (Å²) in [6.45, 7) is 4.95. The molecule has 2 aliphatic heterocycles. The van der Waals surface area contributed by atoms with Crippen LogP contribution in [-0.2, 0) is 4.74 Å². The van der Waals surface area contributed by atoms with Crippen molar-refractivity contribution in [2.45, 2.75) is 0 Å². The second kappa shape index (κ2) is 11.5. The van der Waals surface area contributed by atoms with E-state index < -0.39 is 0 Å². The van der Waals surface area contributed by atoms with Gasteiger partial charge in [0.15, 0.2) is 17.4 Å². The summed E-state index contributed by atoms with van der Waals surface area (Å²) in [5, 5.41) is 5.78. The van der Waals surface area contributed by atoms with Gasteiger partial charge in [-0.2, -0.15) is 11.8 Å². The van der Waals surface area contributed by atoms with Crippen molar-refractivity contribution in [2.75, 3.05) is 78.4 Å². The highest BCUT2D eigenvalue weighted by molar-refractivity contribution is 7.99. The predicted molar refractivity (Wildman–Crippen MR) is 146 cm³/mol. The maximum atomic E-state index is 12.5. The molecule has 2 aliphatic rings. The van der Waals surface area contributed by atoms with Gasteiger partial charge in [-0.05, 0) is 48.5 Å². The number of nitrogens with one attached hydrogen (secondary N) is 2. The van der Waals surface area contributed by atoms with E-state index in [0.29, 0.717) is 30.5 Å². The molecule has 3 heterocycles. The number of benzene rings is 2. The van der Waals surface area contributed by atoms with E-state index in [0.717, 1.165) is 54.8 Å². The van der Waals surface area contributed by atoms with Gasteiger partial charge in [0.1, 0.15) is 0 Å². The fourth-order valence-electron chi connectivity index (χ4n) is 4.22. The number of methoxy groups -OCH3 is 1. The van der Waals surface area contributed by atoms with Crippen LogP contribution < -0.4 is 25.2 Å². The zero-order valence-electron chi connectivity index (χ0n) is 20.3. The smallest absolute Gasteiger partial charge is 0.323 e. The van der Waals surface area contributed by atoms with Crippen LogP contribution in [0.3, 0.4) is 0 Å². The number of urea groups is 1. The van der Waals surface area contributed by atoms with Crippen molar-refractivity contribution in [2.24, 2.45) is 0 Å². The average molecular weight is 507 g/mol. The highest BCUT2D eigenvalue weighted by atomic mass is 32.2. The summed E-state index contributed by atoms with van der Waals surface area (Å²) in [6.07, 6.45) is 1.70. The normalized spacial score (nSPS) is 15.9. The summed E-state index contributed by atoms with van der Waals surface area (Å²) in [4.78, 5) is 26.3. The second-order valence-electron chi connectivity index (χ2n) is 8.49. The summed E-state index contributed by atoms with van der Waals surface area (Å²) in [5.74, 6) is 4.30. The van der Waals surface area contributed by atoms with Crippen LogP contribution in [0, 0.1) is 0 Å². The Morgan fingerprint density at radius 1 is 0.917 bits per heavy atom. The van der Waals surface area contributed by atoms with Crippen LogP contribution >= 0.6 is 11.8 Å². The molecule has 10 heteroatoms. The van der Waals surface area contributed by atoms with E-state index in [-0.39, 0.29) is 6.03 Å². The van der Waals surface area contributed by atoms with E-state index in [9.17, 15) is 4.79 Å². The van der Waals surface area contributed by atoms with Crippen molar-refractivity contribution in [3.63, 3.8) is 0 Å². The highest BCUT2D eigenvalue weighted by Gasteiger charge is 2.19. The average Bonchev–Trinajstić information content (AvgIpc) is 2.94. The van der Waals surface area contributed by atoms with Crippen LogP contribution in [0.2, 0.25) is 0 Å². The van der Waals surface area contributed by atoms with Crippen molar-refractivity contribution in [3.05, 3.63) is 54.7 Å². The van der Waals surface area contributed by atoms with E-state index >= 15 is 0 Å². The molecule has 0 bridgehead atoms. The number of hydrogen-bond donors (Lipinski definition) is 2. The quantitative estimate of drug-likeness (QED) is 0.514. The zero-order chi connectivity index (χ0) is 24.7. The van der Waals surface area contributed by atoms with Gasteiger partial charge in [-0.1, -0.05) is 0 Å². The lowest BCUT2D eigenvalue weighted by atomic mass is 10.2. The minimum absolute atomic E-state index is 0.292. The van der Waals surface area contributed by atoms with Crippen molar-refractivity contribution >= 4 is 40.7 Å². The molecule has 0 saturated carbocycles. The third kappa shape index (κ3) is 5.83. The molecule has 5 rings (SSSR count). The molecule has 36 heavy (non-hydrogen) atoms. The van der Waals surface area contributed by atoms with E-state index in [4.69, 9.17) is 14.5 Å². The summed E-state index contributed by atoms with van der Waals surface area (Å²) in [5.41, 5.74) is 3.47. The molecule has 2 aromatic carbocycles.